The maximum atomic E-state index is 6.34. The molecule has 0 aliphatic carbocycles. The highest BCUT2D eigenvalue weighted by molar-refractivity contribution is 4.85. The van der Waals surface area contributed by atoms with Gasteiger partial charge in [-0.2, -0.15) is 0 Å². The smallest absolute Gasteiger partial charge is 0.0644 e. The highest BCUT2D eigenvalue weighted by Gasteiger charge is 2.33. The van der Waals surface area contributed by atoms with E-state index < -0.39 is 0 Å². The van der Waals surface area contributed by atoms with Crippen LogP contribution in [0.4, 0.5) is 0 Å². The van der Waals surface area contributed by atoms with Gasteiger partial charge in [-0.3, -0.25) is 0 Å². The van der Waals surface area contributed by atoms with E-state index in [4.69, 9.17) is 9.47 Å². The molecule has 0 radical (unpaired) electrons. The molecule has 3 heteroatoms. The predicted octanol–water partition coefficient (Wildman–Crippen LogP) is 12.4. The van der Waals surface area contributed by atoms with E-state index in [-0.39, 0.29) is 11.2 Å². The standard InChI is InChI=1S/C39H81NO2/c1-13-15-17-19-20-21-22-23-24-26-28-35(27-25-18-16-14-2)40(11)34-37(5,6)33-36(3,4)29-30-39(9,10)42-32-31-38(7,8)41-12/h35H,13-34H2,1-12H3. The molecule has 3 nitrogen and oxygen atoms in total. The van der Waals surface area contributed by atoms with Gasteiger partial charge in [-0.15, -0.1) is 0 Å². The van der Waals surface area contributed by atoms with Crippen molar-refractivity contribution in [3.05, 3.63) is 0 Å². The largest absolute Gasteiger partial charge is 0.379 e. The molecule has 0 aliphatic heterocycles. The van der Waals surface area contributed by atoms with Gasteiger partial charge in [0.05, 0.1) is 17.8 Å². The van der Waals surface area contributed by atoms with Crippen molar-refractivity contribution in [1.29, 1.82) is 0 Å². The Balaban J connectivity index is 4.76. The monoisotopic (exact) mass is 596 g/mol. The molecular weight excluding hydrogens is 514 g/mol. The van der Waals surface area contributed by atoms with Crippen LogP contribution in [0.5, 0.6) is 0 Å². The van der Waals surface area contributed by atoms with Crippen molar-refractivity contribution in [1.82, 2.24) is 4.90 Å². The third-order valence-electron chi connectivity index (χ3n) is 9.69. The van der Waals surface area contributed by atoms with Crippen molar-refractivity contribution in [3.8, 4) is 0 Å². The topological polar surface area (TPSA) is 21.7 Å². The Labute approximate surface area is 267 Å². The first-order chi connectivity index (χ1) is 19.6. The summed E-state index contributed by atoms with van der Waals surface area (Å²) in [4.78, 5) is 2.75. The van der Waals surface area contributed by atoms with E-state index in [2.05, 4.69) is 81.2 Å². The van der Waals surface area contributed by atoms with Crippen LogP contribution in [0, 0.1) is 10.8 Å². The van der Waals surface area contributed by atoms with E-state index in [9.17, 15) is 0 Å². The highest BCUT2D eigenvalue weighted by Crippen LogP contribution is 2.40. The minimum Gasteiger partial charge on any atom is -0.379 e. The Morgan fingerprint density at radius 3 is 1.48 bits per heavy atom. The predicted molar refractivity (Wildman–Crippen MR) is 189 cm³/mol. The van der Waals surface area contributed by atoms with Crippen LogP contribution in [0.25, 0.3) is 0 Å². The van der Waals surface area contributed by atoms with Gasteiger partial charge in [0.25, 0.3) is 0 Å². The Morgan fingerprint density at radius 2 is 1.00 bits per heavy atom. The average Bonchev–Trinajstić information content (AvgIpc) is 2.88. The van der Waals surface area contributed by atoms with Crippen molar-refractivity contribution >= 4 is 0 Å². The molecule has 1 unspecified atom stereocenters. The minimum atomic E-state index is -0.118. The van der Waals surface area contributed by atoms with Gasteiger partial charge >= 0.3 is 0 Å². The summed E-state index contributed by atoms with van der Waals surface area (Å²) in [7, 11) is 4.22. The van der Waals surface area contributed by atoms with Crippen LogP contribution in [0.3, 0.4) is 0 Å². The molecule has 0 bridgehead atoms. The van der Waals surface area contributed by atoms with Crippen molar-refractivity contribution in [2.45, 2.75) is 215 Å². The van der Waals surface area contributed by atoms with E-state index in [1.165, 1.54) is 122 Å². The van der Waals surface area contributed by atoms with E-state index in [1.54, 1.807) is 7.11 Å². The third-order valence-corrected chi connectivity index (χ3v) is 9.69. The lowest BCUT2D eigenvalue weighted by Gasteiger charge is -2.41. The van der Waals surface area contributed by atoms with Gasteiger partial charge in [0, 0.05) is 19.7 Å². The quantitative estimate of drug-likeness (QED) is 0.0803. The minimum absolute atomic E-state index is 0.0966. The molecule has 42 heavy (non-hydrogen) atoms. The number of unbranched alkanes of at least 4 members (excludes halogenated alkanes) is 12. The summed E-state index contributed by atoms with van der Waals surface area (Å²) in [5.74, 6) is 0. The fourth-order valence-electron chi connectivity index (χ4n) is 6.89. The molecule has 0 heterocycles. The maximum absolute atomic E-state index is 6.34. The molecule has 0 N–H and O–H groups in total. The number of hydrogen-bond acceptors (Lipinski definition) is 3. The van der Waals surface area contributed by atoms with Crippen LogP contribution in [0.2, 0.25) is 0 Å². The summed E-state index contributed by atoms with van der Waals surface area (Å²) in [5, 5.41) is 0. The molecule has 0 rings (SSSR count). The second kappa shape index (κ2) is 22.4. The Hall–Kier alpha value is -0.120. The molecule has 254 valence electrons. The van der Waals surface area contributed by atoms with Gasteiger partial charge in [0.1, 0.15) is 0 Å². The number of nitrogens with zero attached hydrogens (tertiary/aromatic N) is 1. The van der Waals surface area contributed by atoms with Gasteiger partial charge in [0.15, 0.2) is 0 Å². The van der Waals surface area contributed by atoms with E-state index in [0.29, 0.717) is 10.8 Å². The van der Waals surface area contributed by atoms with Crippen molar-refractivity contribution in [3.63, 3.8) is 0 Å². The average molecular weight is 596 g/mol. The van der Waals surface area contributed by atoms with E-state index in [0.717, 1.165) is 25.5 Å². The lowest BCUT2D eigenvalue weighted by atomic mass is 9.71. The summed E-state index contributed by atoms with van der Waals surface area (Å²) in [6, 6.07) is 0.738. The summed E-state index contributed by atoms with van der Waals surface area (Å²) in [6.07, 6.45) is 27.0. The van der Waals surface area contributed by atoms with Gasteiger partial charge in [-0.05, 0) is 84.1 Å². The Kier molecular flexibility index (Phi) is 22.3. The van der Waals surface area contributed by atoms with Crippen LogP contribution < -0.4 is 0 Å². The zero-order valence-electron chi connectivity index (χ0n) is 31.4. The summed E-state index contributed by atoms with van der Waals surface area (Å²) in [6.45, 7) is 25.4. The second-order valence-electron chi connectivity index (χ2n) is 16.7. The molecule has 0 fully saturated rings. The first kappa shape index (κ1) is 41.9. The molecule has 0 aromatic rings. The normalized spacial score (nSPS) is 14.2. The highest BCUT2D eigenvalue weighted by atomic mass is 16.5. The number of rotatable bonds is 29. The van der Waals surface area contributed by atoms with Crippen LogP contribution in [0.15, 0.2) is 0 Å². The van der Waals surface area contributed by atoms with Gasteiger partial charge in [-0.25, -0.2) is 0 Å². The Bertz CT molecular complexity index is 624. The number of hydrogen-bond donors (Lipinski definition) is 0. The maximum Gasteiger partial charge on any atom is 0.0644 e. The zero-order chi connectivity index (χ0) is 32.1. The van der Waals surface area contributed by atoms with Crippen LogP contribution in [-0.2, 0) is 9.47 Å². The van der Waals surface area contributed by atoms with Gasteiger partial charge < -0.3 is 14.4 Å². The van der Waals surface area contributed by atoms with E-state index >= 15 is 0 Å². The number of methoxy groups -OCH3 is 1. The third kappa shape index (κ3) is 23.3. The van der Waals surface area contributed by atoms with Crippen molar-refractivity contribution < 1.29 is 9.47 Å². The SMILES string of the molecule is CCCCCCCCCCCCC(CCCCCC)N(C)CC(C)(C)CC(C)(C)CCC(C)(C)OCCC(C)(C)OC. The molecule has 0 saturated heterocycles. The van der Waals surface area contributed by atoms with Crippen LogP contribution in [-0.4, -0.2) is 49.5 Å². The molecule has 0 spiro atoms. The van der Waals surface area contributed by atoms with Crippen LogP contribution >= 0.6 is 0 Å². The molecule has 0 saturated carbocycles. The van der Waals surface area contributed by atoms with Crippen molar-refractivity contribution in [2.75, 3.05) is 27.3 Å². The molecule has 0 aliphatic rings. The summed E-state index contributed by atoms with van der Waals surface area (Å²) >= 11 is 0. The zero-order valence-corrected chi connectivity index (χ0v) is 31.4. The first-order valence-corrected chi connectivity index (χ1v) is 18.5. The Morgan fingerprint density at radius 1 is 0.548 bits per heavy atom. The summed E-state index contributed by atoms with van der Waals surface area (Å²) < 4.78 is 11.9. The fraction of sp³-hybridized carbons (Fsp3) is 1.00. The molecule has 1 atom stereocenters. The lowest BCUT2D eigenvalue weighted by Crippen LogP contribution is -2.41. The number of ether oxygens (including phenoxy) is 2. The van der Waals surface area contributed by atoms with Gasteiger partial charge in [-0.1, -0.05) is 131 Å². The molecular formula is C39H81NO2. The fourth-order valence-corrected chi connectivity index (χ4v) is 6.89. The second-order valence-corrected chi connectivity index (χ2v) is 16.7. The van der Waals surface area contributed by atoms with Crippen LogP contribution in [0.1, 0.15) is 198 Å². The lowest BCUT2D eigenvalue weighted by molar-refractivity contribution is -0.0660. The van der Waals surface area contributed by atoms with E-state index in [1.807, 2.05) is 0 Å². The van der Waals surface area contributed by atoms with Gasteiger partial charge in [0.2, 0.25) is 0 Å². The summed E-state index contributed by atoms with van der Waals surface area (Å²) in [5.41, 5.74) is 0.378. The molecule has 0 amide bonds. The molecule has 0 aromatic carbocycles. The molecule has 0 aromatic heterocycles. The van der Waals surface area contributed by atoms with Crippen molar-refractivity contribution in [2.24, 2.45) is 10.8 Å². The first-order valence-electron chi connectivity index (χ1n) is 18.5.